The second-order valence-corrected chi connectivity index (χ2v) is 8.03. The van der Waals surface area contributed by atoms with Gasteiger partial charge in [-0.1, -0.05) is 6.07 Å². The van der Waals surface area contributed by atoms with Crippen LogP contribution >= 0.6 is 0 Å². The molecule has 0 aromatic heterocycles. The van der Waals surface area contributed by atoms with Gasteiger partial charge < -0.3 is 19.1 Å². The number of nitrogens with zero attached hydrogens (tertiary/aromatic N) is 1. The molecule has 0 unspecified atom stereocenters. The highest BCUT2D eigenvalue weighted by molar-refractivity contribution is 7.92. The molecule has 9 heteroatoms. The van der Waals surface area contributed by atoms with Gasteiger partial charge in [-0.3, -0.25) is 4.72 Å². The summed E-state index contributed by atoms with van der Waals surface area (Å²) in [7, 11) is -4.01. The quantitative estimate of drug-likeness (QED) is 0.701. The molecular formula is C20H25FN2O5S. The third kappa shape index (κ3) is 5.10. The Morgan fingerprint density at radius 1 is 1.07 bits per heavy atom. The van der Waals surface area contributed by atoms with Crippen molar-refractivity contribution in [1.82, 2.24) is 0 Å². The Morgan fingerprint density at radius 2 is 1.76 bits per heavy atom. The van der Waals surface area contributed by atoms with Gasteiger partial charge in [-0.25, -0.2) is 12.8 Å². The first kappa shape index (κ1) is 21.2. The highest BCUT2D eigenvalue weighted by Crippen LogP contribution is 2.40. The zero-order valence-corrected chi connectivity index (χ0v) is 17.3. The standard InChI is InChI=1S/C20H25FN2O5S/c1-3-27-19-14-18(23-8-10-26-11-9-23)20(28-4-2)13-17(19)22-29(24,25)16-7-5-6-15(21)12-16/h5-7,12-14,22H,3-4,8-11H2,1-2H3. The average Bonchev–Trinajstić information content (AvgIpc) is 2.70. The molecule has 1 N–H and O–H groups in total. The van der Waals surface area contributed by atoms with Crippen LogP contribution in [0.2, 0.25) is 0 Å². The predicted octanol–water partition coefficient (Wildman–Crippen LogP) is 3.26. The minimum Gasteiger partial charge on any atom is -0.492 e. The van der Waals surface area contributed by atoms with Crippen molar-refractivity contribution >= 4 is 21.4 Å². The molecule has 1 heterocycles. The fourth-order valence-electron chi connectivity index (χ4n) is 3.06. The number of morpholine rings is 1. The van der Waals surface area contributed by atoms with Crippen molar-refractivity contribution in [3.8, 4) is 11.5 Å². The van der Waals surface area contributed by atoms with Crippen LogP contribution in [0.25, 0.3) is 0 Å². The maximum atomic E-state index is 13.5. The van der Waals surface area contributed by atoms with Crippen LogP contribution in [0.4, 0.5) is 15.8 Å². The van der Waals surface area contributed by atoms with Gasteiger partial charge in [0.05, 0.1) is 42.7 Å². The molecule has 1 saturated heterocycles. The summed E-state index contributed by atoms with van der Waals surface area (Å²) >= 11 is 0. The first-order valence-corrected chi connectivity index (χ1v) is 11.0. The fourth-order valence-corrected chi connectivity index (χ4v) is 4.16. The summed E-state index contributed by atoms with van der Waals surface area (Å²) in [6.07, 6.45) is 0. The van der Waals surface area contributed by atoms with Crippen LogP contribution in [0.3, 0.4) is 0 Å². The Morgan fingerprint density at radius 3 is 2.41 bits per heavy atom. The van der Waals surface area contributed by atoms with Gasteiger partial charge in [-0.15, -0.1) is 0 Å². The largest absolute Gasteiger partial charge is 0.492 e. The number of sulfonamides is 1. The van der Waals surface area contributed by atoms with Crippen LogP contribution in [-0.4, -0.2) is 47.9 Å². The molecule has 0 bridgehead atoms. The summed E-state index contributed by atoms with van der Waals surface area (Å²) in [4.78, 5) is 1.94. The molecule has 0 aliphatic carbocycles. The van der Waals surface area contributed by atoms with Crippen LogP contribution < -0.4 is 19.1 Å². The monoisotopic (exact) mass is 424 g/mol. The summed E-state index contributed by atoms with van der Waals surface area (Å²) in [5.74, 6) is 0.280. The van der Waals surface area contributed by atoms with Crippen LogP contribution in [0, 0.1) is 5.82 Å². The summed E-state index contributed by atoms with van der Waals surface area (Å²) in [6, 6.07) is 8.21. The van der Waals surface area contributed by atoms with Gasteiger partial charge in [-0.05, 0) is 32.0 Å². The summed E-state index contributed by atoms with van der Waals surface area (Å²) in [6.45, 7) is 7.03. The molecule has 1 aliphatic rings. The first-order chi connectivity index (χ1) is 13.9. The van der Waals surface area contributed by atoms with E-state index in [2.05, 4.69) is 9.62 Å². The Labute approximate surface area is 170 Å². The van der Waals surface area contributed by atoms with Gasteiger partial charge in [0.25, 0.3) is 10.0 Å². The van der Waals surface area contributed by atoms with E-state index in [0.29, 0.717) is 51.0 Å². The van der Waals surface area contributed by atoms with Gasteiger partial charge in [0, 0.05) is 25.2 Å². The number of hydrogen-bond donors (Lipinski definition) is 1. The third-order valence-electron chi connectivity index (χ3n) is 4.36. The van der Waals surface area contributed by atoms with E-state index in [0.717, 1.165) is 11.8 Å². The maximum absolute atomic E-state index is 13.5. The molecular weight excluding hydrogens is 399 g/mol. The number of benzene rings is 2. The molecule has 0 saturated carbocycles. The molecule has 2 aromatic carbocycles. The SMILES string of the molecule is CCOc1cc(N2CCOCC2)c(OCC)cc1NS(=O)(=O)c1cccc(F)c1. The summed E-state index contributed by atoms with van der Waals surface area (Å²) in [5.41, 5.74) is 1.05. The molecule has 2 aromatic rings. The van der Waals surface area contributed by atoms with Gasteiger partial charge in [-0.2, -0.15) is 0 Å². The molecule has 0 spiro atoms. The van der Waals surface area contributed by atoms with E-state index in [9.17, 15) is 12.8 Å². The lowest BCUT2D eigenvalue weighted by Gasteiger charge is -2.31. The highest BCUT2D eigenvalue weighted by Gasteiger charge is 2.23. The van der Waals surface area contributed by atoms with Gasteiger partial charge >= 0.3 is 0 Å². The minimum atomic E-state index is -4.01. The topological polar surface area (TPSA) is 77.1 Å². The van der Waals surface area contributed by atoms with Gasteiger partial charge in [0.15, 0.2) is 0 Å². The average molecular weight is 424 g/mol. The number of halogens is 1. The van der Waals surface area contributed by atoms with Crippen molar-refractivity contribution in [3.63, 3.8) is 0 Å². The number of hydrogen-bond acceptors (Lipinski definition) is 6. The Hall–Kier alpha value is -2.52. The first-order valence-electron chi connectivity index (χ1n) is 9.49. The van der Waals surface area contributed by atoms with E-state index < -0.39 is 15.8 Å². The van der Waals surface area contributed by atoms with Crippen LogP contribution in [-0.2, 0) is 14.8 Å². The lowest BCUT2D eigenvalue weighted by atomic mass is 10.2. The normalized spacial score (nSPS) is 14.5. The molecule has 29 heavy (non-hydrogen) atoms. The van der Waals surface area contributed by atoms with Crippen LogP contribution in [0.1, 0.15) is 13.8 Å². The van der Waals surface area contributed by atoms with E-state index >= 15 is 0 Å². The predicted molar refractivity (Wildman–Crippen MR) is 109 cm³/mol. The second-order valence-electron chi connectivity index (χ2n) is 6.34. The number of nitrogens with one attached hydrogen (secondary N) is 1. The summed E-state index contributed by atoms with van der Waals surface area (Å²) in [5, 5.41) is 0. The van der Waals surface area contributed by atoms with Crippen LogP contribution in [0.15, 0.2) is 41.3 Å². The lowest BCUT2D eigenvalue weighted by Crippen LogP contribution is -2.36. The zero-order valence-electron chi connectivity index (χ0n) is 16.5. The molecule has 1 fully saturated rings. The van der Waals surface area contributed by atoms with E-state index in [1.807, 2.05) is 13.8 Å². The van der Waals surface area contributed by atoms with Crippen molar-refractivity contribution in [2.24, 2.45) is 0 Å². The number of rotatable bonds is 8. The fraction of sp³-hybridized carbons (Fsp3) is 0.400. The van der Waals surface area contributed by atoms with Gasteiger partial charge in [0.1, 0.15) is 17.3 Å². The van der Waals surface area contributed by atoms with Crippen molar-refractivity contribution in [2.45, 2.75) is 18.7 Å². The van der Waals surface area contributed by atoms with Crippen molar-refractivity contribution in [2.75, 3.05) is 49.1 Å². The molecule has 7 nitrogen and oxygen atoms in total. The summed E-state index contributed by atoms with van der Waals surface area (Å²) < 4.78 is 58.4. The van der Waals surface area contributed by atoms with Crippen molar-refractivity contribution in [1.29, 1.82) is 0 Å². The maximum Gasteiger partial charge on any atom is 0.262 e. The Balaban J connectivity index is 2.01. The highest BCUT2D eigenvalue weighted by atomic mass is 32.2. The van der Waals surface area contributed by atoms with Gasteiger partial charge in [0.2, 0.25) is 0 Å². The number of ether oxygens (including phenoxy) is 3. The molecule has 0 atom stereocenters. The zero-order chi connectivity index (χ0) is 20.9. The lowest BCUT2D eigenvalue weighted by molar-refractivity contribution is 0.122. The molecule has 0 radical (unpaired) electrons. The van der Waals surface area contributed by atoms with E-state index in [1.165, 1.54) is 18.2 Å². The Bertz CT molecular complexity index is 946. The van der Waals surface area contributed by atoms with E-state index in [4.69, 9.17) is 14.2 Å². The molecule has 1 aliphatic heterocycles. The molecule has 0 amide bonds. The van der Waals surface area contributed by atoms with Crippen LogP contribution in [0.5, 0.6) is 11.5 Å². The Kier molecular flexibility index (Phi) is 6.81. The third-order valence-corrected chi connectivity index (χ3v) is 5.73. The second kappa shape index (κ2) is 9.32. The smallest absolute Gasteiger partial charge is 0.262 e. The van der Waals surface area contributed by atoms with E-state index in [1.54, 1.807) is 12.1 Å². The van der Waals surface area contributed by atoms with Crippen molar-refractivity contribution in [3.05, 3.63) is 42.2 Å². The van der Waals surface area contributed by atoms with Crippen molar-refractivity contribution < 1.29 is 27.0 Å². The number of anilines is 2. The minimum absolute atomic E-state index is 0.171. The molecule has 158 valence electrons. The molecule has 3 rings (SSSR count). The van der Waals surface area contributed by atoms with E-state index in [-0.39, 0.29) is 10.6 Å².